The predicted octanol–water partition coefficient (Wildman–Crippen LogP) is 3.50. The molecule has 2 atom stereocenters. The van der Waals surface area contributed by atoms with Crippen LogP contribution in [0.2, 0.25) is 0 Å². The largest absolute Gasteiger partial charge is 0.443 e. The van der Waals surface area contributed by atoms with Gasteiger partial charge in [0.05, 0.1) is 11.8 Å². The third kappa shape index (κ3) is 1.77. The number of anilines is 1. The van der Waals surface area contributed by atoms with Crippen LogP contribution in [0.25, 0.3) is 0 Å². The number of hydrogen-bond donors (Lipinski definition) is 1. The topological polar surface area (TPSA) is 55.4 Å². The molecule has 0 bridgehead atoms. The first-order valence-electron chi connectivity index (χ1n) is 7.36. The number of fused-ring (bicyclic) bond motifs is 2. The number of para-hydroxylation sites is 1. The van der Waals surface area contributed by atoms with Crippen molar-refractivity contribution in [2.24, 2.45) is 0 Å². The molecular weight excluding hydrogens is 358 g/mol. The van der Waals surface area contributed by atoms with E-state index in [4.69, 9.17) is 4.74 Å². The maximum atomic E-state index is 12.9. The van der Waals surface area contributed by atoms with Crippen molar-refractivity contribution in [3.05, 3.63) is 64.1 Å². The van der Waals surface area contributed by atoms with Gasteiger partial charge in [0.2, 0.25) is 5.60 Å². The minimum atomic E-state index is -1.32. The van der Waals surface area contributed by atoms with E-state index in [9.17, 15) is 9.59 Å². The molecule has 0 aliphatic carbocycles. The SMILES string of the molecule is C[C@@]1(c2cccc(Br)c2)CC(=O)O[C@]12C(=O)Nc1ccccc12. The van der Waals surface area contributed by atoms with E-state index in [1.807, 2.05) is 55.5 Å². The maximum absolute atomic E-state index is 12.9. The van der Waals surface area contributed by atoms with Crippen LogP contribution in [-0.4, -0.2) is 11.9 Å². The highest BCUT2D eigenvalue weighted by Crippen LogP contribution is 2.57. The van der Waals surface area contributed by atoms with Crippen molar-refractivity contribution < 1.29 is 14.3 Å². The van der Waals surface area contributed by atoms with Crippen LogP contribution in [0.15, 0.2) is 53.0 Å². The molecule has 2 aliphatic heterocycles. The Kier molecular flexibility index (Phi) is 2.94. The zero-order chi connectivity index (χ0) is 16.2. The number of carbonyl (C=O) groups excluding carboxylic acids is 2. The molecule has 1 spiro atoms. The van der Waals surface area contributed by atoms with Gasteiger partial charge in [0, 0.05) is 15.7 Å². The van der Waals surface area contributed by atoms with E-state index in [0.29, 0.717) is 5.69 Å². The molecule has 0 aromatic heterocycles. The lowest BCUT2D eigenvalue weighted by Gasteiger charge is -2.37. The van der Waals surface area contributed by atoms with Crippen LogP contribution < -0.4 is 5.32 Å². The van der Waals surface area contributed by atoms with Crippen molar-refractivity contribution >= 4 is 33.5 Å². The lowest BCUT2D eigenvalue weighted by atomic mass is 9.66. The molecule has 1 saturated heterocycles. The monoisotopic (exact) mass is 371 g/mol. The second-order valence-corrected chi connectivity index (χ2v) is 7.09. The summed E-state index contributed by atoms with van der Waals surface area (Å²) in [5, 5.41) is 2.86. The van der Waals surface area contributed by atoms with Crippen LogP contribution in [0.4, 0.5) is 5.69 Å². The predicted molar refractivity (Wildman–Crippen MR) is 89.0 cm³/mol. The van der Waals surface area contributed by atoms with Crippen molar-refractivity contribution in [2.45, 2.75) is 24.4 Å². The quantitative estimate of drug-likeness (QED) is 0.780. The molecule has 2 aliphatic rings. The van der Waals surface area contributed by atoms with Crippen LogP contribution in [0, 0.1) is 0 Å². The van der Waals surface area contributed by atoms with Gasteiger partial charge in [-0.25, -0.2) is 0 Å². The molecule has 5 heteroatoms. The number of amides is 1. The number of benzene rings is 2. The third-order valence-corrected chi connectivity index (χ3v) is 5.37. The number of esters is 1. The fraction of sp³-hybridized carbons (Fsp3) is 0.222. The van der Waals surface area contributed by atoms with Gasteiger partial charge >= 0.3 is 5.97 Å². The lowest BCUT2D eigenvalue weighted by molar-refractivity contribution is -0.159. The summed E-state index contributed by atoms with van der Waals surface area (Å²) in [6.45, 7) is 1.92. The number of nitrogens with one attached hydrogen (secondary N) is 1. The molecule has 0 unspecified atom stereocenters. The smallest absolute Gasteiger partial charge is 0.308 e. The molecule has 116 valence electrons. The van der Waals surface area contributed by atoms with Gasteiger partial charge in [-0.05, 0) is 23.8 Å². The van der Waals surface area contributed by atoms with Gasteiger partial charge in [-0.15, -0.1) is 0 Å². The van der Waals surface area contributed by atoms with E-state index < -0.39 is 11.0 Å². The normalized spacial score (nSPS) is 28.6. The molecule has 2 heterocycles. The molecule has 4 rings (SSSR count). The zero-order valence-electron chi connectivity index (χ0n) is 12.4. The minimum absolute atomic E-state index is 0.158. The van der Waals surface area contributed by atoms with Crippen molar-refractivity contribution in [1.82, 2.24) is 0 Å². The van der Waals surface area contributed by atoms with Crippen LogP contribution in [-0.2, 0) is 25.3 Å². The maximum Gasteiger partial charge on any atom is 0.308 e. The van der Waals surface area contributed by atoms with Crippen molar-refractivity contribution in [3.63, 3.8) is 0 Å². The van der Waals surface area contributed by atoms with Crippen LogP contribution in [0.1, 0.15) is 24.5 Å². The van der Waals surface area contributed by atoms with E-state index in [2.05, 4.69) is 21.2 Å². The molecule has 1 amide bonds. The standard InChI is InChI=1S/C18H14BrNO3/c1-17(11-5-4-6-12(19)9-11)10-15(21)23-18(17)13-7-2-3-8-14(13)20-16(18)22/h2-9H,10H2,1H3,(H,20,22)/t17-,18+/m0/s1. The molecule has 1 fully saturated rings. The van der Waals surface area contributed by atoms with E-state index in [0.717, 1.165) is 15.6 Å². The third-order valence-electron chi connectivity index (χ3n) is 4.88. The first kappa shape index (κ1) is 14.5. The summed E-state index contributed by atoms with van der Waals surface area (Å²) in [5.74, 6) is -0.647. The number of hydrogen-bond acceptors (Lipinski definition) is 3. The highest BCUT2D eigenvalue weighted by Gasteiger charge is 2.67. The van der Waals surface area contributed by atoms with Crippen LogP contribution in [0.5, 0.6) is 0 Å². The summed E-state index contributed by atoms with van der Waals surface area (Å²) < 4.78 is 6.59. The Morgan fingerprint density at radius 3 is 2.70 bits per heavy atom. The van der Waals surface area contributed by atoms with Gasteiger partial charge in [0.15, 0.2) is 0 Å². The van der Waals surface area contributed by atoms with E-state index in [-0.39, 0.29) is 18.3 Å². The number of halogens is 1. The zero-order valence-corrected chi connectivity index (χ0v) is 14.0. The molecular formula is C18H14BrNO3. The van der Waals surface area contributed by atoms with E-state index in [1.165, 1.54) is 0 Å². The van der Waals surface area contributed by atoms with Gasteiger partial charge in [0.25, 0.3) is 5.91 Å². The minimum Gasteiger partial charge on any atom is -0.443 e. The summed E-state index contributed by atoms with van der Waals surface area (Å²) >= 11 is 3.47. The van der Waals surface area contributed by atoms with Crippen LogP contribution >= 0.6 is 15.9 Å². The fourth-order valence-corrected chi connectivity index (χ4v) is 4.15. The average Bonchev–Trinajstić information content (AvgIpc) is 2.96. The van der Waals surface area contributed by atoms with Crippen molar-refractivity contribution in [1.29, 1.82) is 0 Å². The highest BCUT2D eigenvalue weighted by molar-refractivity contribution is 9.10. The Labute approximate surface area is 142 Å². The molecule has 0 saturated carbocycles. The average molecular weight is 372 g/mol. The van der Waals surface area contributed by atoms with Gasteiger partial charge in [-0.2, -0.15) is 0 Å². The fourth-order valence-electron chi connectivity index (χ4n) is 3.75. The molecule has 4 nitrogen and oxygen atoms in total. The van der Waals surface area contributed by atoms with E-state index in [1.54, 1.807) is 0 Å². The van der Waals surface area contributed by atoms with Crippen molar-refractivity contribution in [2.75, 3.05) is 5.32 Å². The van der Waals surface area contributed by atoms with Gasteiger partial charge in [-0.3, -0.25) is 9.59 Å². The Bertz CT molecular complexity index is 850. The molecule has 2 aromatic rings. The first-order valence-corrected chi connectivity index (χ1v) is 8.15. The van der Waals surface area contributed by atoms with E-state index >= 15 is 0 Å². The number of rotatable bonds is 1. The Morgan fingerprint density at radius 2 is 1.91 bits per heavy atom. The number of ether oxygens (including phenoxy) is 1. The molecule has 0 radical (unpaired) electrons. The second-order valence-electron chi connectivity index (χ2n) is 6.17. The summed E-state index contributed by atoms with van der Waals surface area (Å²) in [7, 11) is 0. The molecule has 23 heavy (non-hydrogen) atoms. The first-order chi connectivity index (χ1) is 11.0. The lowest BCUT2D eigenvalue weighted by Crippen LogP contribution is -2.49. The van der Waals surface area contributed by atoms with Crippen LogP contribution in [0.3, 0.4) is 0 Å². The Hall–Kier alpha value is -2.14. The summed E-state index contributed by atoms with van der Waals surface area (Å²) in [6, 6.07) is 15.1. The van der Waals surface area contributed by atoms with Gasteiger partial charge in [-0.1, -0.05) is 53.2 Å². The molecule has 1 N–H and O–H groups in total. The summed E-state index contributed by atoms with van der Waals surface area (Å²) in [5.41, 5.74) is 0.225. The second kappa shape index (κ2) is 4.68. The van der Waals surface area contributed by atoms with Crippen molar-refractivity contribution in [3.8, 4) is 0 Å². The Balaban J connectivity index is 2.00. The molecule has 2 aromatic carbocycles. The number of carbonyl (C=O) groups is 2. The Morgan fingerprint density at radius 1 is 1.13 bits per heavy atom. The van der Waals surface area contributed by atoms with Gasteiger partial charge < -0.3 is 10.1 Å². The van der Waals surface area contributed by atoms with Gasteiger partial charge in [0.1, 0.15) is 0 Å². The highest BCUT2D eigenvalue weighted by atomic mass is 79.9. The summed E-state index contributed by atoms with van der Waals surface area (Å²) in [6.07, 6.45) is 0.158. The summed E-state index contributed by atoms with van der Waals surface area (Å²) in [4.78, 5) is 25.1.